The number of likely N-dealkylation sites (tertiary alicyclic amines) is 1. The lowest BCUT2D eigenvalue weighted by molar-refractivity contribution is 0.0779. The molecule has 11 heteroatoms. The maximum atomic E-state index is 13.5. The van der Waals surface area contributed by atoms with Crippen molar-refractivity contribution in [2.24, 2.45) is 0 Å². The minimum atomic E-state index is -1.64. The van der Waals surface area contributed by atoms with Gasteiger partial charge in [-0.15, -0.1) is 0 Å². The Bertz CT molecular complexity index is 1550. The molecule has 1 aromatic carbocycles. The smallest absolute Gasteiger partial charge is 0.325 e. The normalized spacial score (nSPS) is 23.7. The van der Waals surface area contributed by atoms with E-state index in [2.05, 4.69) is 20.1 Å². The van der Waals surface area contributed by atoms with E-state index >= 15 is 0 Å². The second-order valence-electron chi connectivity index (χ2n) is 8.98. The van der Waals surface area contributed by atoms with Crippen molar-refractivity contribution in [3.8, 4) is 11.3 Å². The number of hydrogen-bond donors (Lipinski definition) is 2. The van der Waals surface area contributed by atoms with Crippen LogP contribution in [0.5, 0.6) is 0 Å². The average molecular weight is 478 g/mol. The van der Waals surface area contributed by atoms with Crippen LogP contribution in [0.1, 0.15) is 39.7 Å². The Morgan fingerprint density at radius 2 is 1.80 bits per heavy atom. The number of rotatable bonds is 4. The summed E-state index contributed by atoms with van der Waals surface area (Å²) in [4.78, 5) is 46.6. The van der Waals surface area contributed by atoms with Crippen LogP contribution >= 0.6 is 0 Å². The highest BCUT2D eigenvalue weighted by Crippen LogP contribution is 2.55. The standard InChI is InChI=1S/C24H20F2N6O3/c25-18-10-31(11-19(18)26)23(34)13-3-1-12(2-4-13)14-7-15(14)16-8-20(30-32-6-5-27-21(16)32)17-9-28-24(35)29-22(17)33/h1-6,8-9,14-15,18-19H,7,10-11H2,(H2,28,29,33,35)/t14-,15+,18-,19-/m1/s1. The molecule has 4 aromatic rings. The van der Waals surface area contributed by atoms with Crippen molar-refractivity contribution in [2.45, 2.75) is 30.6 Å². The van der Waals surface area contributed by atoms with E-state index < -0.39 is 23.6 Å². The number of halogens is 2. The van der Waals surface area contributed by atoms with Crippen LogP contribution in [0, 0.1) is 0 Å². The first-order chi connectivity index (χ1) is 16.9. The van der Waals surface area contributed by atoms with Gasteiger partial charge in [-0.25, -0.2) is 23.1 Å². The van der Waals surface area contributed by atoms with E-state index in [0.29, 0.717) is 16.9 Å². The molecular weight excluding hydrogens is 458 g/mol. The summed E-state index contributed by atoms with van der Waals surface area (Å²) in [7, 11) is 0. The van der Waals surface area contributed by atoms with Gasteiger partial charge in [-0.3, -0.25) is 14.6 Å². The van der Waals surface area contributed by atoms with Crippen LogP contribution in [0.3, 0.4) is 0 Å². The van der Waals surface area contributed by atoms with Gasteiger partial charge < -0.3 is 9.88 Å². The molecule has 2 N–H and O–H groups in total. The molecule has 3 aromatic heterocycles. The fourth-order valence-corrected chi connectivity index (χ4v) is 4.80. The predicted molar refractivity (Wildman–Crippen MR) is 122 cm³/mol. The summed E-state index contributed by atoms with van der Waals surface area (Å²) in [5.74, 6) is -0.0695. The fraction of sp³-hybridized carbons (Fsp3) is 0.292. The molecule has 1 saturated carbocycles. The highest BCUT2D eigenvalue weighted by molar-refractivity contribution is 5.94. The van der Waals surface area contributed by atoms with E-state index in [1.807, 2.05) is 18.2 Å². The van der Waals surface area contributed by atoms with Gasteiger partial charge in [-0.1, -0.05) is 12.1 Å². The zero-order valence-corrected chi connectivity index (χ0v) is 18.3. The average Bonchev–Trinajstić information content (AvgIpc) is 3.37. The zero-order chi connectivity index (χ0) is 24.3. The summed E-state index contributed by atoms with van der Waals surface area (Å²) in [5.41, 5.74) is 2.57. The molecule has 0 radical (unpaired) electrons. The molecule has 0 spiro atoms. The molecule has 178 valence electrons. The van der Waals surface area contributed by atoms with Crippen LogP contribution in [0.2, 0.25) is 0 Å². The summed E-state index contributed by atoms with van der Waals surface area (Å²) in [6, 6.07) is 8.93. The number of nitrogens with one attached hydrogen (secondary N) is 2. The van der Waals surface area contributed by atoms with E-state index in [4.69, 9.17) is 0 Å². The molecule has 9 nitrogen and oxygen atoms in total. The minimum absolute atomic E-state index is 0.128. The van der Waals surface area contributed by atoms with Gasteiger partial charge >= 0.3 is 5.69 Å². The number of H-pyrrole nitrogens is 2. The third-order valence-electron chi connectivity index (χ3n) is 6.73. The molecule has 35 heavy (non-hydrogen) atoms. The molecule has 4 heterocycles. The topological polar surface area (TPSA) is 116 Å². The molecule has 2 fully saturated rings. The Morgan fingerprint density at radius 3 is 2.51 bits per heavy atom. The largest absolute Gasteiger partial charge is 0.333 e. The Morgan fingerprint density at radius 1 is 1.06 bits per heavy atom. The van der Waals surface area contributed by atoms with Crippen molar-refractivity contribution < 1.29 is 13.6 Å². The summed E-state index contributed by atoms with van der Waals surface area (Å²) < 4.78 is 28.6. The zero-order valence-electron chi connectivity index (χ0n) is 18.3. The van der Waals surface area contributed by atoms with Gasteiger partial charge in [0.05, 0.1) is 24.3 Å². The highest BCUT2D eigenvalue weighted by Gasteiger charge is 2.42. The molecular formula is C24H20F2N6O3. The van der Waals surface area contributed by atoms with E-state index in [-0.39, 0.29) is 36.4 Å². The molecule has 6 rings (SSSR count). The van der Waals surface area contributed by atoms with Gasteiger partial charge in [0, 0.05) is 29.7 Å². The first-order valence-electron chi connectivity index (χ1n) is 11.2. The van der Waals surface area contributed by atoms with E-state index in [0.717, 1.165) is 17.5 Å². The summed E-state index contributed by atoms with van der Waals surface area (Å²) in [6.45, 7) is -0.454. The Balaban J connectivity index is 1.27. The number of carbonyl (C=O) groups is 1. The van der Waals surface area contributed by atoms with Crippen molar-refractivity contribution in [1.82, 2.24) is 29.5 Å². The second kappa shape index (κ2) is 7.97. The van der Waals surface area contributed by atoms with Crippen LogP contribution in [-0.4, -0.2) is 60.8 Å². The second-order valence-corrected chi connectivity index (χ2v) is 8.98. The molecule has 4 atom stereocenters. The number of amides is 1. The summed E-state index contributed by atoms with van der Waals surface area (Å²) in [5, 5.41) is 4.46. The number of hydrogen-bond acceptors (Lipinski definition) is 5. The van der Waals surface area contributed by atoms with Crippen molar-refractivity contribution in [3.63, 3.8) is 0 Å². The summed E-state index contributed by atoms with van der Waals surface area (Å²) in [6.07, 6.45) is 2.24. The lowest BCUT2D eigenvalue weighted by Gasteiger charge is -2.15. The molecule has 1 aliphatic heterocycles. The molecule has 0 unspecified atom stereocenters. The minimum Gasteiger partial charge on any atom is -0.333 e. The number of alkyl halides is 2. The van der Waals surface area contributed by atoms with Crippen molar-refractivity contribution in [3.05, 3.63) is 86.5 Å². The number of aromatic nitrogens is 5. The first-order valence-corrected chi connectivity index (χ1v) is 11.2. The molecule has 1 aliphatic carbocycles. The van der Waals surface area contributed by atoms with Gasteiger partial charge in [0.1, 0.15) is 0 Å². The van der Waals surface area contributed by atoms with Gasteiger partial charge in [-0.2, -0.15) is 5.10 Å². The fourth-order valence-electron chi connectivity index (χ4n) is 4.80. The molecule has 1 amide bonds. The number of benzene rings is 1. The Kier molecular flexibility index (Phi) is 4.87. The first kappa shape index (κ1) is 21.4. The number of fused-ring (bicyclic) bond motifs is 1. The van der Waals surface area contributed by atoms with Gasteiger partial charge in [0.2, 0.25) is 0 Å². The van der Waals surface area contributed by atoms with E-state index in [1.54, 1.807) is 29.0 Å². The van der Waals surface area contributed by atoms with Crippen molar-refractivity contribution in [2.75, 3.05) is 13.1 Å². The maximum Gasteiger partial charge on any atom is 0.325 e. The quantitative estimate of drug-likeness (QED) is 0.467. The van der Waals surface area contributed by atoms with E-state index in [9.17, 15) is 23.2 Å². The molecule has 1 saturated heterocycles. The molecule has 0 bridgehead atoms. The monoisotopic (exact) mass is 478 g/mol. The third-order valence-corrected chi connectivity index (χ3v) is 6.73. The Labute approximate surface area is 196 Å². The SMILES string of the molecule is O=C(c1ccc([C@H]2C[C@@H]2c2cc(-c3c[nH]c(=O)[nH]c3=O)nn3ccnc23)cc1)N1C[C@@H](F)[C@H](F)C1. The van der Waals surface area contributed by atoms with Crippen LogP contribution in [0.25, 0.3) is 16.9 Å². The van der Waals surface area contributed by atoms with Crippen LogP contribution in [0.4, 0.5) is 8.78 Å². The number of nitrogens with zero attached hydrogens (tertiary/aromatic N) is 4. The highest BCUT2D eigenvalue weighted by atomic mass is 19.2. The number of aromatic amines is 2. The third kappa shape index (κ3) is 3.72. The van der Waals surface area contributed by atoms with Crippen molar-refractivity contribution in [1.29, 1.82) is 0 Å². The predicted octanol–water partition coefficient (Wildman–Crippen LogP) is 2.18. The lowest BCUT2D eigenvalue weighted by atomic mass is 10.0. The van der Waals surface area contributed by atoms with Crippen molar-refractivity contribution >= 4 is 11.6 Å². The van der Waals surface area contributed by atoms with Gasteiger partial charge in [0.15, 0.2) is 18.0 Å². The summed E-state index contributed by atoms with van der Waals surface area (Å²) >= 11 is 0. The van der Waals surface area contributed by atoms with Crippen LogP contribution < -0.4 is 11.2 Å². The van der Waals surface area contributed by atoms with Crippen LogP contribution in [0.15, 0.2) is 58.5 Å². The number of carbonyl (C=O) groups excluding carboxylic acids is 1. The Hall–Kier alpha value is -4.15. The van der Waals surface area contributed by atoms with Gasteiger partial charge in [0.25, 0.3) is 11.5 Å². The van der Waals surface area contributed by atoms with E-state index in [1.165, 1.54) is 11.1 Å². The van der Waals surface area contributed by atoms with Crippen LogP contribution in [-0.2, 0) is 0 Å². The van der Waals surface area contributed by atoms with Gasteiger partial charge in [-0.05, 0) is 42.0 Å². The number of imidazole rings is 1. The molecule has 2 aliphatic rings. The maximum absolute atomic E-state index is 13.5. The lowest BCUT2D eigenvalue weighted by Crippen LogP contribution is -2.29.